The van der Waals surface area contributed by atoms with Crippen molar-refractivity contribution in [3.63, 3.8) is 0 Å². The van der Waals surface area contributed by atoms with E-state index in [4.69, 9.17) is 4.74 Å². The molecule has 1 aliphatic carbocycles. The van der Waals surface area contributed by atoms with Gasteiger partial charge in [0.15, 0.2) is 5.60 Å². The molecule has 2 aromatic carbocycles. The molecular formula is C30H36N4O4. The highest BCUT2D eigenvalue weighted by Crippen LogP contribution is 2.33. The second kappa shape index (κ2) is 10.5. The lowest BCUT2D eigenvalue weighted by molar-refractivity contribution is -0.152. The molecule has 1 aliphatic heterocycles. The number of carboxylic acid groups (broad SMARTS) is 1. The quantitative estimate of drug-likeness (QED) is 0.442. The Morgan fingerprint density at radius 1 is 1.11 bits per heavy atom. The van der Waals surface area contributed by atoms with Gasteiger partial charge in [0, 0.05) is 56.2 Å². The lowest BCUT2D eigenvalue weighted by Crippen LogP contribution is -2.45. The molecule has 38 heavy (non-hydrogen) atoms. The lowest BCUT2D eigenvalue weighted by atomic mass is 9.95. The van der Waals surface area contributed by atoms with E-state index in [1.165, 1.54) is 13.8 Å². The average molecular weight is 517 g/mol. The Kier molecular flexibility index (Phi) is 7.15. The fraction of sp³-hybridized carbons (Fsp3) is 0.433. The molecule has 2 aliphatic rings. The molecule has 5 rings (SSSR count). The van der Waals surface area contributed by atoms with Gasteiger partial charge in [-0.2, -0.15) is 5.10 Å². The van der Waals surface area contributed by atoms with Crippen molar-refractivity contribution >= 4 is 17.6 Å². The highest BCUT2D eigenvalue weighted by molar-refractivity contribution is 5.80. The third-order valence-electron chi connectivity index (χ3n) is 7.46. The van der Waals surface area contributed by atoms with Gasteiger partial charge in [0.05, 0.1) is 12.1 Å². The van der Waals surface area contributed by atoms with Gasteiger partial charge in [-0.15, -0.1) is 0 Å². The molecule has 0 spiro atoms. The van der Waals surface area contributed by atoms with E-state index in [2.05, 4.69) is 39.2 Å². The minimum atomic E-state index is -1.32. The maximum Gasteiger partial charge on any atom is 0.347 e. The van der Waals surface area contributed by atoms with Crippen molar-refractivity contribution in [3.05, 3.63) is 66.5 Å². The fourth-order valence-electron chi connectivity index (χ4n) is 5.07. The molecule has 0 radical (unpaired) electrons. The van der Waals surface area contributed by atoms with Crippen LogP contribution in [-0.4, -0.2) is 56.4 Å². The van der Waals surface area contributed by atoms with Crippen LogP contribution in [0, 0.1) is 5.92 Å². The minimum absolute atomic E-state index is 0.0703. The number of carbonyl (C=O) groups excluding carboxylic acids is 1. The first-order valence-corrected chi connectivity index (χ1v) is 13.4. The monoisotopic (exact) mass is 516 g/mol. The van der Waals surface area contributed by atoms with Crippen LogP contribution in [0.3, 0.4) is 0 Å². The van der Waals surface area contributed by atoms with Crippen LogP contribution in [0.5, 0.6) is 5.75 Å². The molecule has 2 heterocycles. The standard InChI is InChI=1S/C30H36N4O4/c1-30(2,29(36)37)38-27-8-4-7-26(16-27)33-15-5-6-23(20-33)28(35)34(25-13-14-25)18-21-9-11-22(12-10-21)24-17-31-32(3)19-24/h4,7-12,16-17,19,23,25H,5-6,13-15,18,20H2,1-3H3,(H,36,37). The number of carboxylic acids is 1. The highest BCUT2D eigenvalue weighted by Gasteiger charge is 2.37. The first-order chi connectivity index (χ1) is 18.2. The predicted octanol–water partition coefficient (Wildman–Crippen LogP) is 4.74. The largest absolute Gasteiger partial charge is 0.478 e. The maximum atomic E-state index is 13.8. The van der Waals surface area contributed by atoms with E-state index in [0.717, 1.165) is 54.6 Å². The zero-order valence-corrected chi connectivity index (χ0v) is 22.3. The number of amides is 1. The molecule has 8 nitrogen and oxygen atoms in total. The molecule has 1 saturated carbocycles. The van der Waals surface area contributed by atoms with Crippen molar-refractivity contribution < 1.29 is 19.4 Å². The summed E-state index contributed by atoms with van der Waals surface area (Å²) in [6, 6.07) is 16.3. The number of anilines is 1. The lowest BCUT2D eigenvalue weighted by Gasteiger charge is -2.36. The molecule has 3 aromatic rings. The average Bonchev–Trinajstić information content (AvgIpc) is 3.66. The van der Waals surface area contributed by atoms with Gasteiger partial charge < -0.3 is 19.6 Å². The summed E-state index contributed by atoms with van der Waals surface area (Å²) in [6.07, 6.45) is 7.79. The van der Waals surface area contributed by atoms with Crippen molar-refractivity contribution in [2.75, 3.05) is 18.0 Å². The SMILES string of the molecule is Cn1cc(-c2ccc(CN(C(=O)C3CCCN(c4cccc(OC(C)(C)C(=O)O)c4)C3)C3CC3)cc2)cn1. The van der Waals surface area contributed by atoms with Crippen LogP contribution in [-0.2, 0) is 23.2 Å². The summed E-state index contributed by atoms with van der Waals surface area (Å²) in [5, 5.41) is 13.7. The molecule has 1 aromatic heterocycles. The molecule has 1 unspecified atom stereocenters. The zero-order valence-electron chi connectivity index (χ0n) is 22.3. The summed E-state index contributed by atoms with van der Waals surface area (Å²) in [4.78, 5) is 29.6. The minimum Gasteiger partial charge on any atom is -0.478 e. The molecule has 1 N–H and O–H groups in total. The van der Waals surface area contributed by atoms with E-state index in [-0.39, 0.29) is 11.8 Å². The van der Waals surface area contributed by atoms with Gasteiger partial charge in [0.2, 0.25) is 5.91 Å². The number of ether oxygens (including phenoxy) is 1. The van der Waals surface area contributed by atoms with E-state index < -0.39 is 11.6 Å². The van der Waals surface area contributed by atoms with E-state index in [9.17, 15) is 14.7 Å². The highest BCUT2D eigenvalue weighted by atomic mass is 16.5. The van der Waals surface area contributed by atoms with Crippen LogP contribution < -0.4 is 9.64 Å². The smallest absolute Gasteiger partial charge is 0.347 e. The fourth-order valence-corrected chi connectivity index (χ4v) is 5.07. The van der Waals surface area contributed by atoms with Gasteiger partial charge in [-0.25, -0.2) is 4.79 Å². The number of aliphatic carboxylic acids is 1. The van der Waals surface area contributed by atoms with E-state index in [1.54, 1.807) is 10.7 Å². The second-order valence-corrected chi connectivity index (χ2v) is 11.0. The van der Waals surface area contributed by atoms with Crippen LogP contribution in [0.1, 0.15) is 45.1 Å². The number of benzene rings is 2. The van der Waals surface area contributed by atoms with Gasteiger partial charge in [-0.3, -0.25) is 9.48 Å². The summed E-state index contributed by atoms with van der Waals surface area (Å²) in [5.74, 6) is -0.344. The normalized spacial score (nSPS) is 17.8. The van der Waals surface area contributed by atoms with E-state index in [1.807, 2.05) is 37.6 Å². The van der Waals surface area contributed by atoms with E-state index >= 15 is 0 Å². The van der Waals surface area contributed by atoms with Crippen molar-refractivity contribution in [2.24, 2.45) is 13.0 Å². The molecular weight excluding hydrogens is 480 g/mol. The van der Waals surface area contributed by atoms with Crippen LogP contribution in [0.2, 0.25) is 0 Å². The first-order valence-electron chi connectivity index (χ1n) is 13.4. The number of aryl methyl sites for hydroxylation is 1. The summed E-state index contributed by atoms with van der Waals surface area (Å²) in [5.41, 5.74) is 2.96. The number of rotatable bonds is 9. The molecule has 1 saturated heterocycles. The van der Waals surface area contributed by atoms with Crippen LogP contribution in [0.4, 0.5) is 5.69 Å². The Labute approximate surface area is 223 Å². The van der Waals surface area contributed by atoms with Crippen LogP contribution >= 0.6 is 0 Å². The van der Waals surface area contributed by atoms with Crippen LogP contribution in [0.25, 0.3) is 11.1 Å². The van der Waals surface area contributed by atoms with Gasteiger partial charge in [-0.05, 0) is 62.8 Å². The molecule has 0 bridgehead atoms. The molecule has 8 heteroatoms. The number of hydrogen-bond acceptors (Lipinski definition) is 5. The Bertz CT molecular complexity index is 1300. The predicted molar refractivity (Wildman–Crippen MR) is 146 cm³/mol. The topological polar surface area (TPSA) is 87.9 Å². The molecule has 2 fully saturated rings. The summed E-state index contributed by atoms with van der Waals surface area (Å²) < 4.78 is 7.54. The third-order valence-corrected chi connectivity index (χ3v) is 7.46. The van der Waals surface area contributed by atoms with Gasteiger partial charge in [0.1, 0.15) is 5.75 Å². The van der Waals surface area contributed by atoms with E-state index in [0.29, 0.717) is 24.9 Å². The number of hydrogen-bond donors (Lipinski definition) is 1. The summed E-state index contributed by atoms with van der Waals surface area (Å²) >= 11 is 0. The Balaban J connectivity index is 1.26. The molecule has 1 amide bonds. The summed E-state index contributed by atoms with van der Waals surface area (Å²) in [7, 11) is 1.91. The number of aromatic nitrogens is 2. The first kappa shape index (κ1) is 25.8. The van der Waals surface area contributed by atoms with Crippen molar-refractivity contribution in [2.45, 2.75) is 57.7 Å². The van der Waals surface area contributed by atoms with Crippen LogP contribution in [0.15, 0.2) is 60.9 Å². The maximum absolute atomic E-state index is 13.8. The van der Waals surface area contributed by atoms with Gasteiger partial charge in [-0.1, -0.05) is 30.3 Å². The Morgan fingerprint density at radius 2 is 1.87 bits per heavy atom. The molecule has 200 valence electrons. The second-order valence-electron chi connectivity index (χ2n) is 11.0. The van der Waals surface area contributed by atoms with Gasteiger partial charge >= 0.3 is 5.97 Å². The molecule has 1 atom stereocenters. The number of piperidine rings is 1. The van der Waals surface area contributed by atoms with Crippen molar-refractivity contribution in [1.82, 2.24) is 14.7 Å². The van der Waals surface area contributed by atoms with Crippen molar-refractivity contribution in [3.8, 4) is 16.9 Å². The number of carbonyl (C=O) groups is 2. The van der Waals surface area contributed by atoms with Gasteiger partial charge in [0.25, 0.3) is 0 Å². The zero-order chi connectivity index (χ0) is 26.9. The number of nitrogens with zero attached hydrogens (tertiary/aromatic N) is 4. The Hall–Kier alpha value is -3.81. The van der Waals surface area contributed by atoms with Crippen molar-refractivity contribution in [1.29, 1.82) is 0 Å². The summed E-state index contributed by atoms with van der Waals surface area (Å²) in [6.45, 7) is 5.20. The third kappa shape index (κ3) is 5.85. The Morgan fingerprint density at radius 3 is 2.53 bits per heavy atom.